The van der Waals surface area contributed by atoms with Crippen molar-refractivity contribution in [3.8, 4) is 5.88 Å². The van der Waals surface area contributed by atoms with Crippen LogP contribution in [0.15, 0.2) is 30.5 Å². The van der Waals surface area contributed by atoms with E-state index in [4.69, 9.17) is 4.74 Å². The number of pyridine rings is 1. The summed E-state index contributed by atoms with van der Waals surface area (Å²) in [6, 6.07) is 7.77. The van der Waals surface area contributed by atoms with E-state index >= 15 is 0 Å². The first-order valence-electron chi connectivity index (χ1n) is 8.00. The molecule has 1 N–H and O–H groups in total. The average molecular weight is 298 g/mol. The Morgan fingerprint density at radius 2 is 2.18 bits per heavy atom. The molecule has 116 valence electrons. The van der Waals surface area contributed by atoms with Gasteiger partial charge in [0.1, 0.15) is 11.6 Å². The van der Waals surface area contributed by atoms with E-state index in [1.165, 1.54) is 12.8 Å². The van der Waals surface area contributed by atoms with E-state index in [1.807, 2.05) is 24.3 Å². The first-order valence-corrected chi connectivity index (χ1v) is 8.00. The van der Waals surface area contributed by atoms with Gasteiger partial charge in [-0.2, -0.15) is 4.98 Å². The standard InChI is InChI=1S/C17H22N4O/c1-2-3-10-22-16-11-15(20-17(21-16)13-7-8-13)19-12-14-6-4-5-9-18-14/h4-6,9,11,13H,2-3,7-8,10,12H2,1H3,(H,19,20,21). The monoisotopic (exact) mass is 298 g/mol. The van der Waals surface area contributed by atoms with Crippen LogP contribution in [0.2, 0.25) is 0 Å². The van der Waals surface area contributed by atoms with E-state index < -0.39 is 0 Å². The zero-order chi connectivity index (χ0) is 15.2. The summed E-state index contributed by atoms with van der Waals surface area (Å²) in [6.45, 7) is 3.51. The molecule has 0 spiro atoms. The summed E-state index contributed by atoms with van der Waals surface area (Å²) in [4.78, 5) is 13.5. The third kappa shape index (κ3) is 4.16. The van der Waals surface area contributed by atoms with Gasteiger partial charge >= 0.3 is 0 Å². The molecule has 0 unspecified atom stereocenters. The van der Waals surface area contributed by atoms with Crippen LogP contribution in [0, 0.1) is 0 Å². The van der Waals surface area contributed by atoms with Crippen molar-refractivity contribution in [1.29, 1.82) is 0 Å². The first kappa shape index (κ1) is 14.8. The number of nitrogens with zero attached hydrogens (tertiary/aromatic N) is 3. The lowest BCUT2D eigenvalue weighted by molar-refractivity contribution is 0.296. The van der Waals surface area contributed by atoms with Gasteiger partial charge in [0.05, 0.1) is 18.8 Å². The molecule has 0 radical (unpaired) electrons. The van der Waals surface area contributed by atoms with Crippen molar-refractivity contribution < 1.29 is 4.74 Å². The quantitative estimate of drug-likeness (QED) is 0.755. The minimum atomic E-state index is 0.505. The highest BCUT2D eigenvalue weighted by Crippen LogP contribution is 2.39. The maximum absolute atomic E-state index is 5.75. The van der Waals surface area contributed by atoms with Crippen molar-refractivity contribution in [2.45, 2.75) is 45.1 Å². The van der Waals surface area contributed by atoms with Crippen LogP contribution in [-0.4, -0.2) is 21.6 Å². The van der Waals surface area contributed by atoms with Crippen LogP contribution >= 0.6 is 0 Å². The van der Waals surface area contributed by atoms with Crippen LogP contribution in [0.5, 0.6) is 5.88 Å². The second kappa shape index (κ2) is 7.20. The molecule has 22 heavy (non-hydrogen) atoms. The van der Waals surface area contributed by atoms with E-state index in [0.717, 1.165) is 30.2 Å². The van der Waals surface area contributed by atoms with Gasteiger partial charge in [-0.05, 0) is 31.4 Å². The molecule has 1 fully saturated rings. The highest BCUT2D eigenvalue weighted by atomic mass is 16.5. The summed E-state index contributed by atoms with van der Waals surface area (Å²) >= 11 is 0. The highest BCUT2D eigenvalue weighted by Gasteiger charge is 2.27. The summed E-state index contributed by atoms with van der Waals surface area (Å²) in [6.07, 6.45) is 6.31. The van der Waals surface area contributed by atoms with Crippen LogP contribution in [0.25, 0.3) is 0 Å². The first-order chi connectivity index (χ1) is 10.8. The zero-order valence-corrected chi connectivity index (χ0v) is 13.0. The Hall–Kier alpha value is -2.17. The lowest BCUT2D eigenvalue weighted by atomic mass is 10.3. The maximum atomic E-state index is 5.75. The summed E-state index contributed by atoms with van der Waals surface area (Å²) in [5.41, 5.74) is 0.988. The minimum absolute atomic E-state index is 0.505. The van der Waals surface area contributed by atoms with Gasteiger partial charge in [-0.15, -0.1) is 0 Å². The molecule has 1 aliphatic rings. The molecule has 1 saturated carbocycles. The average Bonchev–Trinajstić information content (AvgIpc) is 3.39. The number of anilines is 1. The van der Waals surface area contributed by atoms with E-state index in [-0.39, 0.29) is 0 Å². The van der Waals surface area contributed by atoms with Crippen molar-refractivity contribution >= 4 is 5.82 Å². The van der Waals surface area contributed by atoms with E-state index in [1.54, 1.807) is 6.20 Å². The topological polar surface area (TPSA) is 59.9 Å². The molecule has 2 aromatic heterocycles. The lowest BCUT2D eigenvalue weighted by Gasteiger charge is -2.10. The van der Waals surface area contributed by atoms with Gasteiger partial charge in [-0.25, -0.2) is 4.98 Å². The predicted molar refractivity (Wildman–Crippen MR) is 86.0 cm³/mol. The predicted octanol–water partition coefficient (Wildman–Crippen LogP) is 3.54. The van der Waals surface area contributed by atoms with Gasteiger partial charge in [-0.3, -0.25) is 4.98 Å². The molecule has 1 aliphatic carbocycles. The summed E-state index contributed by atoms with van der Waals surface area (Å²) in [5.74, 6) is 2.89. The Labute approximate surface area is 131 Å². The second-order valence-electron chi connectivity index (χ2n) is 5.60. The van der Waals surface area contributed by atoms with Crippen LogP contribution in [-0.2, 0) is 6.54 Å². The van der Waals surface area contributed by atoms with Gasteiger partial charge < -0.3 is 10.1 Å². The number of aromatic nitrogens is 3. The number of hydrogen-bond donors (Lipinski definition) is 1. The molecule has 2 heterocycles. The number of nitrogens with one attached hydrogen (secondary N) is 1. The van der Waals surface area contributed by atoms with Crippen LogP contribution < -0.4 is 10.1 Å². The van der Waals surface area contributed by atoms with Gasteiger partial charge in [0, 0.05) is 18.2 Å². The van der Waals surface area contributed by atoms with Crippen LogP contribution in [0.1, 0.15) is 50.0 Å². The van der Waals surface area contributed by atoms with Gasteiger partial charge in [0.15, 0.2) is 0 Å². The molecule has 5 heteroatoms. The smallest absolute Gasteiger partial charge is 0.218 e. The van der Waals surface area contributed by atoms with Crippen molar-refractivity contribution in [3.05, 3.63) is 42.0 Å². The summed E-state index contributed by atoms with van der Waals surface area (Å²) in [7, 11) is 0. The minimum Gasteiger partial charge on any atom is -0.478 e. The van der Waals surface area contributed by atoms with E-state index in [0.29, 0.717) is 24.9 Å². The normalized spacial score (nSPS) is 13.9. The fourth-order valence-corrected chi connectivity index (χ4v) is 2.14. The number of unbranched alkanes of at least 4 members (excludes halogenated alkanes) is 1. The second-order valence-corrected chi connectivity index (χ2v) is 5.60. The molecular formula is C17H22N4O. The Kier molecular flexibility index (Phi) is 4.83. The summed E-state index contributed by atoms with van der Waals surface area (Å²) in [5, 5.41) is 3.32. The molecular weight excluding hydrogens is 276 g/mol. The van der Waals surface area contributed by atoms with Gasteiger partial charge in [-0.1, -0.05) is 19.4 Å². The van der Waals surface area contributed by atoms with Crippen molar-refractivity contribution in [3.63, 3.8) is 0 Å². The number of hydrogen-bond acceptors (Lipinski definition) is 5. The Morgan fingerprint density at radius 1 is 1.27 bits per heavy atom. The van der Waals surface area contributed by atoms with Crippen LogP contribution in [0.4, 0.5) is 5.82 Å². The third-order valence-corrected chi connectivity index (χ3v) is 3.59. The molecule has 0 aliphatic heterocycles. The molecule has 0 amide bonds. The van der Waals surface area contributed by atoms with Crippen molar-refractivity contribution in [2.75, 3.05) is 11.9 Å². The molecule has 0 atom stereocenters. The Balaban J connectivity index is 1.68. The Bertz CT molecular complexity index is 599. The lowest BCUT2D eigenvalue weighted by Crippen LogP contribution is -2.07. The largest absolute Gasteiger partial charge is 0.478 e. The molecule has 0 saturated heterocycles. The molecule has 0 bridgehead atoms. The van der Waals surface area contributed by atoms with Crippen LogP contribution in [0.3, 0.4) is 0 Å². The van der Waals surface area contributed by atoms with Gasteiger partial charge in [0.2, 0.25) is 5.88 Å². The molecule has 3 rings (SSSR count). The molecule has 0 aromatic carbocycles. The zero-order valence-electron chi connectivity index (χ0n) is 13.0. The Morgan fingerprint density at radius 3 is 2.91 bits per heavy atom. The SMILES string of the molecule is CCCCOc1cc(NCc2ccccn2)nc(C2CC2)n1. The fourth-order valence-electron chi connectivity index (χ4n) is 2.14. The number of rotatable bonds is 8. The molecule has 2 aromatic rings. The van der Waals surface area contributed by atoms with Crippen molar-refractivity contribution in [1.82, 2.24) is 15.0 Å². The highest BCUT2D eigenvalue weighted by molar-refractivity contribution is 5.39. The maximum Gasteiger partial charge on any atom is 0.218 e. The fraction of sp³-hybridized carbons (Fsp3) is 0.471. The third-order valence-electron chi connectivity index (χ3n) is 3.59. The van der Waals surface area contributed by atoms with E-state index in [9.17, 15) is 0 Å². The van der Waals surface area contributed by atoms with E-state index in [2.05, 4.69) is 27.2 Å². The van der Waals surface area contributed by atoms with Gasteiger partial charge in [0.25, 0.3) is 0 Å². The summed E-state index contributed by atoms with van der Waals surface area (Å²) < 4.78 is 5.75. The molecule has 5 nitrogen and oxygen atoms in total. The number of ether oxygens (including phenoxy) is 1. The van der Waals surface area contributed by atoms with Crippen molar-refractivity contribution in [2.24, 2.45) is 0 Å².